The molecule has 2 aromatic heterocycles. The Morgan fingerprint density at radius 1 is 0.450 bits per heavy atom. The number of benzene rings is 4. The van der Waals surface area contributed by atoms with Crippen LogP contribution in [-0.4, -0.2) is 29.9 Å². The van der Waals surface area contributed by atoms with Crippen LogP contribution in [0, 0.1) is 22.7 Å². The van der Waals surface area contributed by atoms with Crippen LogP contribution in [0.3, 0.4) is 0 Å². The molecule has 0 aliphatic heterocycles. The highest BCUT2D eigenvalue weighted by Gasteiger charge is 2.13. The molecule has 0 aliphatic carbocycles. The lowest BCUT2D eigenvalue weighted by Crippen LogP contribution is -2.05. The maximum absolute atomic E-state index is 9.29. The van der Waals surface area contributed by atoms with E-state index in [0.717, 1.165) is 21.5 Å². The molecule has 12 heteroatoms. The van der Waals surface area contributed by atoms with Crippen LogP contribution in [0.15, 0.2) is 72.8 Å². The zero-order valence-electron chi connectivity index (χ0n) is 20.8. The molecule has 6 rings (SSSR count). The monoisotopic (exact) mass is 524 g/mol. The van der Waals surface area contributed by atoms with E-state index in [9.17, 15) is 10.5 Å². The van der Waals surface area contributed by atoms with Gasteiger partial charge in [0.05, 0.1) is 23.3 Å². The van der Waals surface area contributed by atoms with Crippen molar-refractivity contribution >= 4 is 45.3 Å². The third-order valence-corrected chi connectivity index (χ3v) is 5.83. The first-order chi connectivity index (χ1) is 19.3. The summed E-state index contributed by atoms with van der Waals surface area (Å²) in [5, 5.41) is 22.5. The normalized spacial score (nSPS) is 10.3. The lowest BCUT2D eigenvalue weighted by Gasteiger charge is -2.06. The first-order valence-electron chi connectivity index (χ1n) is 11.7. The predicted octanol–water partition coefficient (Wildman–Crippen LogP) is 3.46. The van der Waals surface area contributed by atoms with Gasteiger partial charge >= 0.3 is 0 Å². The van der Waals surface area contributed by atoms with Gasteiger partial charge in [-0.15, -0.1) is 0 Å². The number of hydrogen-bond acceptors (Lipinski definition) is 12. The number of rotatable bonds is 2. The molecule has 40 heavy (non-hydrogen) atoms. The highest BCUT2D eigenvalue weighted by Crippen LogP contribution is 2.28. The van der Waals surface area contributed by atoms with E-state index in [1.165, 1.54) is 0 Å². The van der Waals surface area contributed by atoms with E-state index in [1.807, 2.05) is 60.7 Å². The summed E-state index contributed by atoms with van der Waals surface area (Å²) in [4.78, 5) is 23.6. The van der Waals surface area contributed by atoms with Crippen molar-refractivity contribution in [1.29, 1.82) is 10.5 Å². The fraction of sp³-hybridized carbons (Fsp3) is 0. The van der Waals surface area contributed by atoms with Gasteiger partial charge in [0.25, 0.3) is 0 Å². The first kappa shape index (κ1) is 25.3. The minimum atomic E-state index is 0.0320. The number of anilines is 4. The Kier molecular flexibility index (Phi) is 6.65. The van der Waals surface area contributed by atoms with Gasteiger partial charge in [0, 0.05) is 11.1 Å². The summed E-state index contributed by atoms with van der Waals surface area (Å²) >= 11 is 0. The highest BCUT2D eigenvalue weighted by molar-refractivity contribution is 5.90. The molecule has 0 radical (unpaired) electrons. The average Bonchev–Trinajstić information content (AvgIpc) is 2.95. The number of nitrogen functional groups attached to an aromatic ring is 4. The van der Waals surface area contributed by atoms with E-state index in [1.54, 1.807) is 12.1 Å². The Morgan fingerprint density at radius 3 is 1.05 bits per heavy atom. The van der Waals surface area contributed by atoms with Crippen molar-refractivity contribution in [2.45, 2.75) is 0 Å². The number of nitrogens with two attached hydrogens (primary N) is 4. The maximum atomic E-state index is 9.29. The van der Waals surface area contributed by atoms with Crippen LogP contribution < -0.4 is 22.9 Å². The van der Waals surface area contributed by atoms with E-state index in [4.69, 9.17) is 22.9 Å². The summed E-state index contributed by atoms with van der Waals surface area (Å²) in [7, 11) is 0. The molecule has 0 saturated heterocycles. The van der Waals surface area contributed by atoms with Crippen LogP contribution in [0.25, 0.3) is 44.3 Å². The van der Waals surface area contributed by atoms with Crippen molar-refractivity contribution < 1.29 is 0 Å². The zero-order valence-corrected chi connectivity index (χ0v) is 20.8. The summed E-state index contributed by atoms with van der Waals surface area (Å²) in [6.45, 7) is 0. The smallest absolute Gasteiger partial charge is 0.225 e. The van der Waals surface area contributed by atoms with E-state index in [2.05, 4.69) is 42.0 Å². The van der Waals surface area contributed by atoms with Crippen LogP contribution in [0.2, 0.25) is 0 Å². The molecule has 4 aromatic carbocycles. The van der Waals surface area contributed by atoms with Crippen molar-refractivity contribution in [3.05, 3.63) is 83.9 Å². The van der Waals surface area contributed by atoms with Crippen molar-refractivity contribution in [1.82, 2.24) is 29.9 Å². The quantitative estimate of drug-likeness (QED) is 0.255. The topological polar surface area (TPSA) is 229 Å². The van der Waals surface area contributed by atoms with Crippen molar-refractivity contribution in [2.75, 3.05) is 22.9 Å². The molecule has 0 atom stereocenters. The van der Waals surface area contributed by atoms with Gasteiger partial charge in [-0.05, 0) is 45.8 Å². The summed E-state index contributed by atoms with van der Waals surface area (Å²) in [6, 6.07) is 27.0. The van der Waals surface area contributed by atoms with E-state index < -0.39 is 0 Å². The molecular weight excluding hydrogens is 504 g/mol. The molecule has 0 aliphatic rings. The number of nitrogens with zero attached hydrogens (tertiary/aromatic N) is 8. The summed E-state index contributed by atoms with van der Waals surface area (Å²) in [5.41, 5.74) is 24.4. The number of fused-ring (bicyclic) bond motifs is 2. The van der Waals surface area contributed by atoms with Crippen molar-refractivity contribution in [3.63, 3.8) is 0 Å². The fourth-order valence-electron chi connectivity index (χ4n) is 4.10. The van der Waals surface area contributed by atoms with Crippen LogP contribution in [0.4, 0.5) is 23.8 Å². The maximum Gasteiger partial charge on any atom is 0.225 e. The molecule has 0 amide bonds. The van der Waals surface area contributed by atoms with Crippen LogP contribution in [0.1, 0.15) is 11.1 Å². The summed E-state index contributed by atoms with van der Waals surface area (Å²) in [6.07, 6.45) is 0. The Balaban J connectivity index is 0.000000161. The molecule has 0 bridgehead atoms. The van der Waals surface area contributed by atoms with Crippen molar-refractivity contribution in [2.24, 2.45) is 0 Å². The van der Waals surface area contributed by atoms with Gasteiger partial charge in [0.15, 0.2) is 11.6 Å². The highest BCUT2D eigenvalue weighted by atomic mass is 15.1. The van der Waals surface area contributed by atoms with Gasteiger partial charge in [-0.25, -0.2) is 0 Å². The molecule has 8 N–H and O–H groups in total. The van der Waals surface area contributed by atoms with E-state index in [0.29, 0.717) is 33.9 Å². The SMILES string of the molecule is N#Cc1cc2ccccc2cc1-c1nc(N)nc(N)n1.N#Cc1cc2ccccc2cc1-c1nc(N)nc(N)n1. The fourth-order valence-corrected chi connectivity index (χ4v) is 4.10. The summed E-state index contributed by atoms with van der Waals surface area (Å²) < 4.78 is 0. The predicted molar refractivity (Wildman–Crippen MR) is 153 cm³/mol. The van der Waals surface area contributed by atoms with Gasteiger partial charge in [0.2, 0.25) is 23.8 Å². The lowest BCUT2D eigenvalue weighted by molar-refractivity contribution is 1.08. The molecular formula is C28H20N12. The van der Waals surface area contributed by atoms with Gasteiger partial charge < -0.3 is 22.9 Å². The molecule has 0 spiro atoms. The van der Waals surface area contributed by atoms with Gasteiger partial charge in [-0.2, -0.15) is 40.4 Å². The standard InChI is InChI=1S/2C14H10N6/c2*15-7-10-5-8-3-1-2-4-9(8)6-11(10)12-18-13(16)20-14(17)19-12/h2*1-6H,(H4,16,17,18,19,20). The van der Waals surface area contributed by atoms with Crippen molar-refractivity contribution in [3.8, 4) is 34.9 Å². The largest absolute Gasteiger partial charge is 0.368 e. The van der Waals surface area contributed by atoms with Gasteiger partial charge in [-0.3, -0.25) is 0 Å². The van der Waals surface area contributed by atoms with Crippen LogP contribution in [0.5, 0.6) is 0 Å². The Labute approximate surface area is 227 Å². The molecule has 12 nitrogen and oxygen atoms in total. The zero-order chi connectivity index (χ0) is 28.2. The minimum Gasteiger partial charge on any atom is -0.368 e. The second-order valence-corrected chi connectivity index (χ2v) is 8.46. The number of aromatic nitrogens is 6. The number of hydrogen-bond donors (Lipinski definition) is 4. The van der Waals surface area contributed by atoms with Crippen LogP contribution >= 0.6 is 0 Å². The lowest BCUT2D eigenvalue weighted by atomic mass is 10.0. The first-order valence-corrected chi connectivity index (χ1v) is 11.7. The molecule has 0 fully saturated rings. The average molecular weight is 525 g/mol. The Hall–Kier alpha value is -6.40. The van der Waals surface area contributed by atoms with Crippen LogP contribution in [-0.2, 0) is 0 Å². The second-order valence-electron chi connectivity index (χ2n) is 8.46. The molecule has 192 valence electrons. The third-order valence-electron chi connectivity index (χ3n) is 5.83. The molecule has 0 unspecified atom stereocenters. The molecule has 0 saturated carbocycles. The van der Waals surface area contributed by atoms with Gasteiger partial charge in [0.1, 0.15) is 0 Å². The Morgan fingerprint density at radius 2 is 0.750 bits per heavy atom. The van der Waals surface area contributed by atoms with E-state index >= 15 is 0 Å². The number of nitriles is 2. The molecule has 2 heterocycles. The second kappa shape index (κ2) is 10.5. The summed E-state index contributed by atoms with van der Waals surface area (Å²) in [5.74, 6) is 0.734. The third kappa shape index (κ3) is 5.18. The minimum absolute atomic E-state index is 0.0320. The Bertz CT molecular complexity index is 1800. The van der Waals surface area contributed by atoms with E-state index in [-0.39, 0.29) is 23.8 Å². The van der Waals surface area contributed by atoms with Gasteiger partial charge in [-0.1, -0.05) is 48.5 Å². The molecule has 6 aromatic rings.